The summed E-state index contributed by atoms with van der Waals surface area (Å²) >= 11 is 0. The quantitative estimate of drug-likeness (QED) is 0.677. The number of nitrogens with zero attached hydrogens (tertiary/aromatic N) is 3. The predicted octanol–water partition coefficient (Wildman–Crippen LogP) is 2.55. The van der Waals surface area contributed by atoms with E-state index in [9.17, 15) is 22.4 Å². The Morgan fingerprint density at radius 2 is 1.71 bits per heavy atom. The Balaban J connectivity index is 1.31. The maximum absolute atomic E-state index is 13.2. The Kier molecular flexibility index (Phi) is 7.47. The van der Waals surface area contributed by atoms with Crippen LogP contribution in [-0.2, 0) is 27.9 Å². The highest BCUT2D eigenvalue weighted by Gasteiger charge is 2.28. The van der Waals surface area contributed by atoms with Crippen LogP contribution in [-0.4, -0.2) is 67.2 Å². The lowest BCUT2D eigenvalue weighted by Gasteiger charge is -2.22. The summed E-state index contributed by atoms with van der Waals surface area (Å²) in [6, 6.07) is 12.3. The summed E-state index contributed by atoms with van der Waals surface area (Å²) in [4.78, 5) is 28.1. The SMILES string of the molecule is O=C1CCCN1Cc1cccc(CNC(=O)N2CCCN(S(=O)(=O)c3ccc(F)cc3)CC2)c1. The minimum Gasteiger partial charge on any atom is -0.338 e. The maximum atomic E-state index is 13.2. The zero-order valence-corrected chi connectivity index (χ0v) is 19.8. The average Bonchev–Trinajstić information content (AvgIpc) is 3.07. The van der Waals surface area contributed by atoms with Gasteiger partial charge in [0.05, 0.1) is 4.90 Å². The molecular formula is C24H29FN4O4S. The first kappa shape index (κ1) is 24.2. The summed E-state index contributed by atoms with van der Waals surface area (Å²) in [6.45, 7) is 2.87. The molecular weight excluding hydrogens is 459 g/mol. The monoisotopic (exact) mass is 488 g/mol. The van der Waals surface area contributed by atoms with Crippen LogP contribution in [0.3, 0.4) is 0 Å². The van der Waals surface area contributed by atoms with E-state index in [4.69, 9.17) is 0 Å². The molecule has 2 saturated heterocycles. The first-order valence-electron chi connectivity index (χ1n) is 11.5. The van der Waals surface area contributed by atoms with Gasteiger partial charge < -0.3 is 15.1 Å². The molecule has 4 rings (SSSR count). The first-order chi connectivity index (χ1) is 16.3. The van der Waals surface area contributed by atoms with Crippen LogP contribution in [0.2, 0.25) is 0 Å². The number of amides is 3. The summed E-state index contributed by atoms with van der Waals surface area (Å²) in [6.07, 6.45) is 2.01. The smallest absolute Gasteiger partial charge is 0.317 e. The Morgan fingerprint density at radius 1 is 0.941 bits per heavy atom. The number of benzene rings is 2. The van der Waals surface area contributed by atoms with E-state index in [1.54, 1.807) is 4.90 Å². The number of likely N-dealkylation sites (tertiary alicyclic amines) is 1. The summed E-state index contributed by atoms with van der Waals surface area (Å²) in [5, 5.41) is 2.91. The molecule has 34 heavy (non-hydrogen) atoms. The van der Waals surface area contributed by atoms with Gasteiger partial charge in [-0.05, 0) is 48.2 Å². The average molecular weight is 489 g/mol. The Bertz CT molecular complexity index is 1140. The van der Waals surface area contributed by atoms with E-state index in [2.05, 4.69) is 5.32 Å². The highest BCUT2D eigenvalue weighted by Crippen LogP contribution is 2.19. The second kappa shape index (κ2) is 10.5. The van der Waals surface area contributed by atoms with Crippen molar-refractivity contribution in [1.82, 2.24) is 19.4 Å². The van der Waals surface area contributed by atoms with Crippen LogP contribution < -0.4 is 5.32 Å². The lowest BCUT2D eigenvalue weighted by molar-refractivity contribution is -0.128. The van der Waals surface area contributed by atoms with E-state index in [0.29, 0.717) is 39.0 Å². The molecule has 182 valence electrons. The number of hydrogen-bond donors (Lipinski definition) is 1. The highest BCUT2D eigenvalue weighted by atomic mass is 32.2. The van der Waals surface area contributed by atoms with E-state index in [-0.39, 0.29) is 29.9 Å². The molecule has 2 heterocycles. The topological polar surface area (TPSA) is 90.0 Å². The molecule has 1 N–H and O–H groups in total. The van der Waals surface area contributed by atoms with Gasteiger partial charge in [0.1, 0.15) is 5.82 Å². The number of carbonyl (C=O) groups is 2. The predicted molar refractivity (Wildman–Crippen MR) is 125 cm³/mol. The van der Waals surface area contributed by atoms with Crippen LogP contribution in [0.5, 0.6) is 0 Å². The zero-order valence-electron chi connectivity index (χ0n) is 19.0. The number of halogens is 1. The van der Waals surface area contributed by atoms with E-state index in [0.717, 1.165) is 36.2 Å². The minimum absolute atomic E-state index is 0.0438. The standard InChI is InChI=1S/C24H29FN4O4S/c25-21-7-9-22(10-8-21)34(32,33)29-13-3-12-27(14-15-29)24(31)26-17-19-4-1-5-20(16-19)18-28-11-2-6-23(28)30/h1,4-5,7-10,16H,2-3,6,11-15,17-18H2,(H,26,31). The fourth-order valence-corrected chi connectivity index (χ4v) is 5.78. The van der Waals surface area contributed by atoms with Gasteiger partial charge in [0, 0.05) is 52.2 Å². The van der Waals surface area contributed by atoms with Crippen molar-refractivity contribution in [2.75, 3.05) is 32.7 Å². The molecule has 0 unspecified atom stereocenters. The van der Waals surface area contributed by atoms with Gasteiger partial charge in [-0.3, -0.25) is 4.79 Å². The number of nitrogens with one attached hydrogen (secondary N) is 1. The van der Waals surface area contributed by atoms with Gasteiger partial charge in [0.25, 0.3) is 0 Å². The van der Waals surface area contributed by atoms with Crippen LogP contribution in [0.1, 0.15) is 30.4 Å². The maximum Gasteiger partial charge on any atom is 0.317 e. The number of rotatable bonds is 6. The van der Waals surface area contributed by atoms with Crippen molar-refractivity contribution in [3.8, 4) is 0 Å². The van der Waals surface area contributed by atoms with Gasteiger partial charge in [-0.2, -0.15) is 4.31 Å². The van der Waals surface area contributed by atoms with Crippen LogP contribution in [0.15, 0.2) is 53.4 Å². The molecule has 2 aliphatic rings. The van der Waals surface area contributed by atoms with Gasteiger partial charge in [-0.1, -0.05) is 24.3 Å². The molecule has 2 aromatic carbocycles. The van der Waals surface area contributed by atoms with E-state index < -0.39 is 15.8 Å². The summed E-state index contributed by atoms with van der Waals surface area (Å²) in [5.41, 5.74) is 1.96. The molecule has 0 radical (unpaired) electrons. The molecule has 2 aliphatic heterocycles. The molecule has 0 atom stereocenters. The first-order valence-corrected chi connectivity index (χ1v) is 12.9. The van der Waals surface area contributed by atoms with Crippen LogP contribution in [0.25, 0.3) is 0 Å². The molecule has 3 amide bonds. The third-order valence-electron chi connectivity index (χ3n) is 6.17. The lowest BCUT2D eigenvalue weighted by Crippen LogP contribution is -2.42. The van der Waals surface area contributed by atoms with Crippen LogP contribution >= 0.6 is 0 Å². The van der Waals surface area contributed by atoms with Gasteiger partial charge >= 0.3 is 6.03 Å². The van der Waals surface area contributed by atoms with Gasteiger partial charge in [0.15, 0.2) is 0 Å². The summed E-state index contributed by atoms with van der Waals surface area (Å²) in [5.74, 6) is -0.317. The van der Waals surface area contributed by atoms with Crippen LogP contribution in [0, 0.1) is 5.82 Å². The van der Waals surface area contributed by atoms with Crippen molar-refractivity contribution in [3.05, 3.63) is 65.5 Å². The molecule has 0 saturated carbocycles. The van der Waals surface area contributed by atoms with Crippen LogP contribution in [0.4, 0.5) is 9.18 Å². The summed E-state index contributed by atoms with van der Waals surface area (Å²) < 4.78 is 40.3. The Labute approximate surface area is 199 Å². The van der Waals surface area contributed by atoms with Crippen molar-refractivity contribution in [3.63, 3.8) is 0 Å². The molecule has 0 aromatic heterocycles. The molecule has 10 heteroatoms. The number of sulfonamides is 1. The van der Waals surface area contributed by atoms with Gasteiger partial charge in [0.2, 0.25) is 15.9 Å². The fourth-order valence-electron chi connectivity index (χ4n) is 4.31. The largest absolute Gasteiger partial charge is 0.338 e. The lowest BCUT2D eigenvalue weighted by atomic mass is 10.1. The van der Waals surface area contributed by atoms with E-state index in [1.807, 2.05) is 29.2 Å². The molecule has 8 nitrogen and oxygen atoms in total. The molecule has 0 spiro atoms. The van der Waals surface area contributed by atoms with Gasteiger partial charge in [-0.15, -0.1) is 0 Å². The molecule has 2 fully saturated rings. The van der Waals surface area contributed by atoms with Crippen molar-refractivity contribution < 1.29 is 22.4 Å². The Hall–Kier alpha value is -2.98. The third-order valence-corrected chi connectivity index (χ3v) is 8.09. The van der Waals surface area contributed by atoms with E-state index >= 15 is 0 Å². The van der Waals surface area contributed by atoms with E-state index in [1.165, 1.54) is 16.4 Å². The fraction of sp³-hybridized carbons (Fsp3) is 0.417. The number of hydrogen-bond acceptors (Lipinski definition) is 4. The second-order valence-corrected chi connectivity index (χ2v) is 10.5. The Morgan fingerprint density at radius 3 is 2.44 bits per heavy atom. The molecule has 2 aromatic rings. The zero-order chi connectivity index (χ0) is 24.1. The summed E-state index contributed by atoms with van der Waals surface area (Å²) in [7, 11) is -3.74. The van der Waals surface area contributed by atoms with Crippen molar-refractivity contribution in [1.29, 1.82) is 0 Å². The number of carbonyl (C=O) groups excluding carboxylic acids is 2. The molecule has 0 aliphatic carbocycles. The van der Waals surface area contributed by atoms with Crippen molar-refractivity contribution in [2.24, 2.45) is 0 Å². The van der Waals surface area contributed by atoms with Crippen molar-refractivity contribution >= 4 is 22.0 Å². The van der Waals surface area contributed by atoms with Crippen molar-refractivity contribution in [2.45, 2.75) is 37.2 Å². The third kappa shape index (κ3) is 5.74. The normalized spacial score (nSPS) is 17.6. The van der Waals surface area contributed by atoms with Gasteiger partial charge in [-0.25, -0.2) is 17.6 Å². The second-order valence-electron chi connectivity index (χ2n) is 8.60. The molecule has 0 bridgehead atoms. The highest BCUT2D eigenvalue weighted by molar-refractivity contribution is 7.89. The minimum atomic E-state index is -3.74. The number of urea groups is 1.